The minimum absolute atomic E-state index is 0.895. The third-order valence-corrected chi connectivity index (χ3v) is 3.92. The summed E-state index contributed by atoms with van der Waals surface area (Å²) in [5.74, 6) is 1.04. The lowest BCUT2D eigenvalue weighted by atomic mass is 10.0. The fourth-order valence-electron chi connectivity index (χ4n) is 2.98. The molecule has 4 rings (SSSR count). The average Bonchev–Trinajstić information content (AvgIpc) is 3.06. The summed E-state index contributed by atoms with van der Waals surface area (Å²) < 4.78 is 5.44. The van der Waals surface area contributed by atoms with Crippen LogP contribution in [0.3, 0.4) is 0 Å². The molecule has 0 fully saturated rings. The van der Waals surface area contributed by atoms with E-state index in [-0.39, 0.29) is 0 Å². The van der Waals surface area contributed by atoms with Gasteiger partial charge in [-0.2, -0.15) is 0 Å². The molecule has 1 aliphatic heterocycles. The summed E-state index contributed by atoms with van der Waals surface area (Å²) in [6.45, 7) is 2.98. The fraction of sp³-hybridized carbons (Fsp3) is 0.250. The molecule has 96 valence electrons. The highest BCUT2D eigenvalue weighted by atomic mass is 16.3. The highest BCUT2D eigenvalue weighted by Gasteiger charge is 2.20. The van der Waals surface area contributed by atoms with E-state index >= 15 is 0 Å². The Hall–Kier alpha value is -2.00. The molecule has 0 radical (unpaired) electrons. The summed E-state index contributed by atoms with van der Waals surface area (Å²) in [7, 11) is 0. The number of hydrogen-bond donors (Lipinski definition) is 1. The van der Waals surface area contributed by atoms with Crippen LogP contribution in [0.2, 0.25) is 0 Å². The standard InChI is InChI=1S/C16H16N2O/c1-2-6-15-13(5-1)14-11-18(8-7-16(14)17-15)10-12-4-3-9-19-12/h1-6,9,17H,7-8,10-11H2. The number of fused-ring (bicyclic) bond motifs is 3. The molecule has 3 aromatic rings. The van der Waals surface area contributed by atoms with Crippen LogP contribution in [0.5, 0.6) is 0 Å². The van der Waals surface area contributed by atoms with Crippen molar-refractivity contribution in [1.29, 1.82) is 0 Å². The van der Waals surface area contributed by atoms with Gasteiger partial charge < -0.3 is 9.40 Å². The van der Waals surface area contributed by atoms with Crippen molar-refractivity contribution in [3.63, 3.8) is 0 Å². The Morgan fingerprint density at radius 3 is 3.00 bits per heavy atom. The number of benzene rings is 1. The van der Waals surface area contributed by atoms with Gasteiger partial charge in [0.2, 0.25) is 0 Å². The number of hydrogen-bond acceptors (Lipinski definition) is 2. The van der Waals surface area contributed by atoms with Crippen molar-refractivity contribution < 1.29 is 4.42 Å². The molecule has 0 spiro atoms. The molecule has 3 heteroatoms. The molecule has 19 heavy (non-hydrogen) atoms. The van der Waals surface area contributed by atoms with Gasteiger partial charge in [-0.3, -0.25) is 4.90 Å². The molecule has 3 heterocycles. The van der Waals surface area contributed by atoms with Crippen LogP contribution in [0.25, 0.3) is 10.9 Å². The number of nitrogens with one attached hydrogen (secondary N) is 1. The monoisotopic (exact) mass is 252 g/mol. The predicted octanol–water partition coefficient (Wildman–Crippen LogP) is 3.32. The third-order valence-electron chi connectivity index (χ3n) is 3.92. The van der Waals surface area contributed by atoms with Gasteiger partial charge in [-0.25, -0.2) is 0 Å². The van der Waals surface area contributed by atoms with Crippen LogP contribution in [0.4, 0.5) is 0 Å². The Labute approximate surface area is 111 Å². The van der Waals surface area contributed by atoms with E-state index in [1.807, 2.05) is 12.1 Å². The Morgan fingerprint density at radius 1 is 1.16 bits per heavy atom. The number of aromatic amines is 1. The zero-order chi connectivity index (χ0) is 12.7. The number of para-hydroxylation sites is 1. The molecular formula is C16H16N2O. The quantitative estimate of drug-likeness (QED) is 0.758. The minimum Gasteiger partial charge on any atom is -0.468 e. The van der Waals surface area contributed by atoms with E-state index in [9.17, 15) is 0 Å². The molecule has 0 aliphatic carbocycles. The highest BCUT2D eigenvalue weighted by molar-refractivity contribution is 5.84. The molecule has 0 amide bonds. The lowest BCUT2D eigenvalue weighted by molar-refractivity contribution is 0.226. The number of nitrogens with zero attached hydrogens (tertiary/aromatic N) is 1. The van der Waals surface area contributed by atoms with Crippen molar-refractivity contribution in [3.05, 3.63) is 59.7 Å². The number of H-pyrrole nitrogens is 1. The first-order chi connectivity index (χ1) is 9.40. The van der Waals surface area contributed by atoms with Crippen molar-refractivity contribution in [2.24, 2.45) is 0 Å². The van der Waals surface area contributed by atoms with Crippen molar-refractivity contribution >= 4 is 10.9 Å². The van der Waals surface area contributed by atoms with Crippen LogP contribution in [0.1, 0.15) is 17.0 Å². The van der Waals surface area contributed by atoms with Gasteiger partial charge in [-0.05, 0) is 23.8 Å². The number of rotatable bonds is 2. The van der Waals surface area contributed by atoms with Crippen LogP contribution in [0.15, 0.2) is 47.1 Å². The van der Waals surface area contributed by atoms with Crippen LogP contribution >= 0.6 is 0 Å². The lowest BCUT2D eigenvalue weighted by Gasteiger charge is -2.26. The second-order valence-corrected chi connectivity index (χ2v) is 5.17. The molecule has 0 saturated carbocycles. The summed E-state index contributed by atoms with van der Waals surface area (Å²) in [5, 5.41) is 1.36. The van der Waals surface area contributed by atoms with Gasteiger partial charge in [0.1, 0.15) is 5.76 Å². The zero-order valence-electron chi connectivity index (χ0n) is 10.7. The van der Waals surface area contributed by atoms with Crippen LogP contribution in [-0.2, 0) is 19.5 Å². The molecular weight excluding hydrogens is 236 g/mol. The predicted molar refractivity (Wildman–Crippen MR) is 74.8 cm³/mol. The Morgan fingerprint density at radius 2 is 2.11 bits per heavy atom. The van der Waals surface area contributed by atoms with Gasteiger partial charge in [0, 0.05) is 36.1 Å². The third kappa shape index (κ3) is 1.87. The first-order valence-electron chi connectivity index (χ1n) is 6.73. The Bertz CT molecular complexity index is 697. The minimum atomic E-state index is 0.895. The van der Waals surface area contributed by atoms with Crippen LogP contribution in [-0.4, -0.2) is 16.4 Å². The molecule has 1 aromatic carbocycles. The normalized spacial score (nSPS) is 15.8. The van der Waals surface area contributed by atoms with Gasteiger partial charge in [-0.1, -0.05) is 18.2 Å². The zero-order valence-corrected chi connectivity index (χ0v) is 10.7. The van der Waals surface area contributed by atoms with Crippen molar-refractivity contribution in [3.8, 4) is 0 Å². The van der Waals surface area contributed by atoms with Crippen molar-refractivity contribution in [2.45, 2.75) is 19.5 Å². The second-order valence-electron chi connectivity index (χ2n) is 5.17. The topological polar surface area (TPSA) is 32.2 Å². The van der Waals surface area contributed by atoms with E-state index < -0.39 is 0 Å². The molecule has 3 nitrogen and oxygen atoms in total. The van der Waals surface area contributed by atoms with Gasteiger partial charge in [0.05, 0.1) is 12.8 Å². The van der Waals surface area contributed by atoms with Crippen LogP contribution in [0, 0.1) is 0 Å². The molecule has 2 aromatic heterocycles. The maximum atomic E-state index is 5.44. The average molecular weight is 252 g/mol. The van der Waals surface area contributed by atoms with E-state index in [2.05, 4.69) is 34.1 Å². The molecule has 0 saturated heterocycles. The summed E-state index contributed by atoms with van der Waals surface area (Å²) >= 11 is 0. The highest BCUT2D eigenvalue weighted by Crippen LogP contribution is 2.28. The van der Waals surface area contributed by atoms with Gasteiger partial charge in [-0.15, -0.1) is 0 Å². The van der Waals surface area contributed by atoms with Crippen molar-refractivity contribution in [1.82, 2.24) is 9.88 Å². The molecule has 0 unspecified atom stereocenters. The summed E-state index contributed by atoms with van der Waals surface area (Å²) in [6.07, 6.45) is 2.83. The molecule has 1 N–H and O–H groups in total. The largest absolute Gasteiger partial charge is 0.468 e. The second kappa shape index (κ2) is 4.28. The summed E-state index contributed by atoms with van der Waals surface area (Å²) in [6, 6.07) is 12.6. The van der Waals surface area contributed by atoms with Crippen molar-refractivity contribution in [2.75, 3.05) is 6.54 Å². The molecule has 0 bridgehead atoms. The van der Waals surface area contributed by atoms with E-state index in [1.54, 1.807) is 6.26 Å². The lowest BCUT2D eigenvalue weighted by Crippen LogP contribution is -2.29. The number of furan rings is 1. The van der Waals surface area contributed by atoms with E-state index in [1.165, 1.54) is 22.2 Å². The van der Waals surface area contributed by atoms with Gasteiger partial charge >= 0.3 is 0 Å². The first kappa shape index (κ1) is 10.9. The SMILES string of the molecule is c1coc(CN2CCc3[nH]c4ccccc4c3C2)c1. The maximum Gasteiger partial charge on any atom is 0.117 e. The van der Waals surface area contributed by atoms with E-state index in [0.29, 0.717) is 0 Å². The van der Waals surface area contributed by atoms with Crippen LogP contribution < -0.4 is 0 Å². The van der Waals surface area contributed by atoms with E-state index in [4.69, 9.17) is 4.42 Å². The Balaban J connectivity index is 1.65. The first-order valence-corrected chi connectivity index (χ1v) is 6.73. The smallest absolute Gasteiger partial charge is 0.117 e. The molecule has 0 atom stereocenters. The Kier molecular flexibility index (Phi) is 2.45. The van der Waals surface area contributed by atoms with Gasteiger partial charge in [0.25, 0.3) is 0 Å². The summed E-state index contributed by atoms with van der Waals surface area (Å²) in [5.41, 5.74) is 4.11. The molecule has 1 aliphatic rings. The van der Waals surface area contributed by atoms with Gasteiger partial charge in [0.15, 0.2) is 0 Å². The summed E-state index contributed by atoms with van der Waals surface area (Å²) in [4.78, 5) is 5.99. The number of aromatic nitrogens is 1. The van der Waals surface area contributed by atoms with E-state index in [0.717, 1.165) is 31.8 Å². The fourth-order valence-corrected chi connectivity index (χ4v) is 2.98. The maximum absolute atomic E-state index is 5.44.